The van der Waals surface area contributed by atoms with Gasteiger partial charge in [-0.1, -0.05) is 12.8 Å². The monoisotopic (exact) mass is 248 g/mol. The van der Waals surface area contributed by atoms with Gasteiger partial charge in [0.1, 0.15) is 0 Å². The number of nitrogens with one attached hydrogen (secondary N) is 1. The van der Waals surface area contributed by atoms with Crippen molar-refractivity contribution < 1.29 is 0 Å². The molecule has 1 fully saturated rings. The number of anilines is 2. The highest BCUT2D eigenvalue weighted by molar-refractivity contribution is 5.68. The van der Waals surface area contributed by atoms with E-state index < -0.39 is 0 Å². The summed E-state index contributed by atoms with van der Waals surface area (Å²) in [5.41, 5.74) is 8.18. The van der Waals surface area contributed by atoms with E-state index in [1.165, 1.54) is 31.4 Å². The third kappa shape index (κ3) is 2.93. The Morgan fingerprint density at radius 1 is 1.39 bits per heavy atom. The summed E-state index contributed by atoms with van der Waals surface area (Å²) in [6.45, 7) is 0.773. The molecule has 18 heavy (non-hydrogen) atoms. The minimum Gasteiger partial charge on any atom is -0.379 e. The molecule has 2 rings (SSSR count). The third-order valence-corrected chi connectivity index (χ3v) is 3.83. The number of nitrogens with zero attached hydrogens (tertiary/aromatic N) is 2. The molecule has 0 saturated heterocycles. The lowest BCUT2D eigenvalue weighted by molar-refractivity contribution is 0.332. The maximum Gasteiger partial charge on any atom is 0.0766 e. The molecule has 0 bridgehead atoms. The van der Waals surface area contributed by atoms with Crippen LogP contribution in [0, 0.1) is 5.92 Å². The van der Waals surface area contributed by atoms with E-state index in [9.17, 15) is 0 Å². The van der Waals surface area contributed by atoms with Crippen molar-refractivity contribution in [3.8, 4) is 0 Å². The van der Waals surface area contributed by atoms with Crippen molar-refractivity contribution in [2.24, 2.45) is 11.7 Å². The van der Waals surface area contributed by atoms with Crippen LogP contribution in [0.2, 0.25) is 0 Å². The van der Waals surface area contributed by atoms with Gasteiger partial charge in [-0.05, 0) is 31.4 Å². The van der Waals surface area contributed by atoms with Crippen LogP contribution in [-0.4, -0.2) is 31.7 Å². The van der Waals surface area contributed by atoms with Gasteiger partial charge in [0, 0.05) is 26.3 Å². The number of aromatic nitrogens is 1. The average molecular weight is 248 g/mol. The summed E-state index contributed by atoms with van der Waals surface area (Å²) in [4.78, 5) is 6.34. The molecule has 1 heterocycles. The van der Waals surface area contributed by atoms with Gasteiger partial charge in [0.2, 0.25) is 0 Å². The Morgan fingerprint density at radius 2 is 2.17 bits per heavy atom. The Kier molecular flexibility index (Phi) is 4.42. The maximum absolute atomic E-state index is 5.88. The Balaban J connectivity index is 2.12. The lowest BCUT2D eigenvalue weighted by Crippen LogP contribution is -2.37. The SMILES string of the molecule is CN(C)c1ccncc1NC1CCCCC1CN. The molecule has 0 radical (unpaired) electrons. The molecule has 0 aromatic carbocycles. The van der Waals surface area contributed by atoms with Gasteiger partial charge in [0.15, 0.2) is 0 Å². The number of pyridine rings is 1. The molecule has 100 valence electrons. The van der Waals surface area contributed by atoms with Gasteiger partial charge in [0.25, 0.3) is 0 Å². The first-order chi connectivity index (χ1) is 8.72. The van der Waals surface area contributed by atoms with Crippen LogP contribution in [0.3, 0.4) is 0 Å². The lowest BCUT2D eigenvalue weighted by Gasteiger charge is -2.33. The van der Waals surface area contributed by atoms with Crippen LogP contribution in [0.4, 0.5) is 11.4 Å². The van der Waals surface area contributed by atoms with E-state index in [-0.39, 0.29) is 0 Å². The number of hydrogen-bond donors (Lipinski definition) is 2. The first-order valence-corrected chi connectivity index (χ1v) is 6.80. The fourth-order valence-corrected chi connectivity index (χ4v) is 2.77. The summed E-state index contributed by atoms with van der Waals surface area (Å²) in [6, 6.07) is 2.54. The molecule has 2 unspecified atom stereocenters. The van der Waals surface area contributed by atoms with E-state index >= 15 is 0 Å². The number of hydrogen-bond acceptors (Lipinski definition) is 4. The summed E-state index contributed by atoms with van der Waals surface area (Å²) in [5, 5.41) is 3.65. The van der Waals surface area contributed by atoms with Crippen molar-refractivity contribution in [3.63, 3.8) is 0 Å². The molecular weight excluding hydrogens is 224 g/mol. The molecular formula is C14H24N4. The van der Waals surface area contributed by atoms with Crippen LogP contribution in [0.15, 0.2) is 18.5 Å². The molecule has 1 aromatic rings. The molecule has 0 aliphatic heterocycles. The summed E-state index contributed by atoms with van der Waals surface area (Å²) < 4.78 is 0. The Morgan fingerprint density at radius 3 is 2.89 bits per heavy atom. The summed E-state index contributed by atoms with van der Waals surface area (Å²) >= 11 is 0. The van der Waals surface area contributed by atoms with E-state index in [0.717, 1.165) is 12.2 Å². The molecule has 4 heteroatoms. The van der Waals surface area contributed by atoms with Crippen molar-refractivity contribution in [2.75, 3.05) is 30.9 Å². The molecule has 1 aliphatic rings. The molecule has 1 aliphatic carbocycles. The molecule has 4 nitrogen and oxygen atoms in total. The normalized spacial score (nSPS) is 23.7. The predicted octanol–water partition coefficient (Wildman–Crippen LogP) is 2.08. The molecule has 3 N–H and O–H groups in total. The van der Waals surface area contributed by atoms with Crippen molar-refractivity contribution in [3.05, 3.63) is 18.5 Å². The van der Waals surface area contributed by atoms with E-state index in [1.807, 2.05) is 18.5 Å². The van der Waals surface area contributed by atoms with Crippen LogP contribution < -0.4 is 16.0 Å². The van der Waals surface area contributed by atoms with Crippen LogP contribution in [0.25, 0.3) is 0 Å². The van der Waals surface area contributed by atoms with E-state index in [2.05, 4.69) is 29.3 Å². The molecule has 0 amide bonds. The first kappa shape index (κ1) is 13.1. The van der Waals surface area contributed by atoms with Crippen molar-refractivity contribution >= 4 is 11.4 Å². The fourth-order valence-electron chi connectivity index (χ4n) is 2.77. The molecule has 1 aromatic heterocycles. The number of rotatable bonds is 4. The standard InChI is InChI=1S/C14H24N4/c1-18(2)14-7-8-16-10-13(14)17-12-6-4-3-5-11(12)9-15/h7-8,10-12,17H,3-6,9,15H2,1-2H3. The van der Waals surface area contributed by atoms with Gasteiger partial charge in [-0.3, -0.25) is 4.98 Å². The summed E-state index contributed by atoms with van der Waals surface area (Å²) in [6.07, 6.45) is 8.81. The van der Waals surface area contributed by atoms with Gasteiger partial charge in [0.05, 0.1) is 17.6 Å². The minimum atomic E-state index is 0.492. The summed E-state index contributed by atoms with van der Waals surface area (Å²) in [5.74, 6) is 0.592. The predicted molar refractivity (Wildman–Crippen MR) is 77.0 cm³/mol. The third-order valence-electron chi connectivity index (χ3n) is 3.83. The molecule has 1 saturated carbocycles. The van der Waals surface area contributed by atoms with Gasteiger partial charge in [-0.15, -0.1) is 0 Å². The maximum atomic E-state index is 5.88. The summed E-state index contributed by atoms with van der Waals surface area (Å²) in [7, 11) is 4.11. The Hall–Kier alpha value is -1.29. The second kappa shape index (κ2) is 6.05. The highest BCUT2D eigenvalue weighted by atomic mass is 15.1. The van der Waals surface area contributed by atoms with Crippen LogP contribution in [-0.2, 0) is 0 Å². The van der Waals surface area contributed by atoms with Gasteiger partial charge < -0.3 is 16.0 Å². The van der Waals surface area contributed by atoms with Crippen LogP contribution >= 0.6 is 0 Å². The minimum absolute atomic E-state index is 0.492. The highest BCUT2D eigenvalue weighted by Crippen LogP contribution is 2.30. The molecule has 2 atom stereocenters. The van der Waals surface area contributed by atoms with E-state index in [4.69, 9.17) is 5.73 Å². The smallest absolute Gasteiger partial charge is 0.0766 e. The van der Waals surface area contributed by atoms with E-state index in [1.54, 1.807) is 0 Å². The van der Waals surface area contributed by atoms with Crippen LogP contribution in [0.5, 0.6) is 0 Å². The topological polar surface area (TPSA) is 54.2 Å². The van der Waals surface area contributed by atoms with Gasteiger partial charge in [-0.2, -0.15) is 0 Å². The lowest BCUT2D eigenvalue weighted by atomic mass is 9.84. The quantitative estimate of drug-likeness (QED) is 0.856. The zero-order valence-electron chi connectivity index (χ0n) is 11.4. The van der Waals surface area contributed by atoms with Crippen molar-refractivity contribution in [1.29, 1.82) is 0 Å². The highest BCUT2D eigenvalue weighted by Gasteiger charge is 2.24. The van der Waals surface area contributed by atoms with Crippen LogP contribution in [0.1, 0.15) is 25.7 Å². The second-order valence-electron chi connectivity index (χ2n) is 5.32. The van der Waals surface area contributed by atoms with Gasteiger partial charge in [-0.25, -0.2) is 0 Å². The zero-order valence-corrected chi connectivity index (χ0v) is 11.4. The fraction of sp³-hybridized carbons (Fsp3) is 0.643. The van der Waals surface area contributed by atoms with Gasteiger partial charge >= 0.3 is 0 Å². The number of nitrogens with two attached hydrogens (primary N) is 1. The average Bonchev–Trinajstić information content (AvgIpc) is 2.40. The van der Waals surface area contributed by atoms with E-state index in [0.29, 0.717) is 12.0 Å². The zero-order chi connectivity index (χ0) is 13.0. The second-order valence-corrected chi connectivity index (χ2v) is 5.32. The first-order valence-electron chi connectivity index (χ1n) is 6.80. The van der Waals surface area contributed by atoms with Crippen molar-refractivity contribution in [2.45, 2.75) is 31.7 Å². The van der Waals surface area contributed by atoms with Crippen molar-refractivity contribution in [1.82, 2.24) is 4.98 Å². The largest absolute Gasteiger partial charge is 0.379 e. The molecule has 0 spiro atoms. The Bertz CT molecular complexity index is 378. The Labute approximate surface area is 110 Å².